The van der Waals surface area contributed by atoms with Crippen LogP contribution in [0.25, 0.3) is 0 Å². The molecule has 0 aromatic heterocycles. The van der Waals surface area contributed by atoms with Crippen LogP contribution in [0, 0.1) is 0 Å². The first-order valence-electron chi connectivity index (χ1n) is 5.45. The van der Waals surface area contributed by atoms with Crippen molar-refractivity contribution in [1.82, 2.24) is 5.32 Å². The summed E-state index contributed by atoms with van der Waals surface area (Å²) in [5.41, 5.74) is 1.55. The molecule has 1 atom stereocenters. The highest BCUT2D eigenvalue weighted by Crippen LogP contribution is 2.25. The molecule has 0 aliphatic carbocycles. The third-order valence-electron chi connectivity index (χ3n) is 3.00. The topological polar surface area (TPSA) is 52.5 Å². The molecular weight excluding hydrogens is 190 g/mol. The Labute approximate surface area is 89.8 Å². The summed E-state index contributed by atoms with van der Waals surface area (Å²) >= 11 is 0. The largest absolute Gasteiger partial charge is 0.507 e. The summed E-state index contributed by atoms with van der Waals surface area (Å²) in [5.74, 6) is 0.258. The van der Waals surface area contributed by atoms with E-state index in [-0.39, 0.29) is 12.4 Å². The first-order valence-corrected chi connectivity index (χ1v) is 5.45. The zero-order valence-electron chi connectivity index (χ0n) is 8.74. The van der Waals surface area contributed by atoms with Gasteiger partial charge in [-0.1, -0.05) is 18.2 Å². The fourth-order valence-corrected chi connectivity index (χ4v) is 2.13. The van der Waals surface area contributed by atoms with Gasteiger partial charge in [0, 0.05) is 11.6 Å². The Morgan fingerprint density at radius 2 is 2.13 bits per heavy atom. The van der Waals surface area contributed by atoms with Gasteiger partial charge in [-0.05, 0) is 31.4 Å². The molecule has 1 heterocycles. The molecule has 15 heavy (non-hydrogen) atoms. The second-order valence-electron chi connectivity index (χ2n) is 4.08. The zero-order valence-corrected chi connectivity index (χ0v) is 8.74. The standard InChI is InChI=1S/C12H17NO2/c14-8-10-4-1-3-9(12(10)15)7-11-5-2-6-13-11/h1,3-4,11,13-15H,2,5-8H2. The van der Waals surface area contributed by atoms with E-state index in [0.717, 1.165) is 18.5 Å². The van der Waals surface area contributed by atoms with Crippen molar-refractivity contribution in [1.29, 1.82) is 0 Å². The highest BCUT2D eigenvalue weighted by molar-refractivity contribution is 5.40. The summed E-state index contributed by atoms with van der Waals surface area (Å²) in [6.45, 7) is 0.975. The minimum Gasteiger partial charge on any atom is -0.507 e. The molecule has 1 fully saturated rings. The van der Waals surface area contributed by atoms with Crippen molar-refractivity contribution in [3.63, 3.8) is 0 Å². The molecular formula is C12H17NO2. The van der Waals surface area contributed by atoms with Crippen LogP contribution in [-0.4, -0.2) is 22.8 Å². The van der Waals surface area contributed by atoms with E-state index in [0.29, 0.717) is 11.6 Å². The minimum atomic E-state index is -0.0994. The van der Waals surface area contributed by atoms with Gasteiger partial charge in [-0.2, -0.15) is 0 Å². The number of aliphatic hydroxyl groups excluding tert-OH is 1. The maximum Gasteiger partial charge on any atom is 0.124 e. The summed E-state index contributed by atoms with van der Waals surface area (Å²) in [6.07, 6.45) is 3.23. The molecule has 3 N–H and O–H groups in total. The summed E-state index contributed by atoms with van der Waals surface area (Å²) in [4.78, 5) is 0. The van der Waals surface area contributed by atoms with Crippen LogP contribution in [0.3, 0.4) is 0 Å². The van der Waals surface area contributed by atoms with Crippen LogP contribution in [0.5, 0.6) is 5.75 Å². The number of nitrogens with one attached hydrogen (secondary N) is 1. The maximum absolute atomic E-state index is 9.86. The molecule has 0 amide bonds. The fourth-order valence-electron chi connectivity index (χ4n) is 2.13. The number of hydrogen-bond donors (Lipinski definition) is 3. The van der Waals surface area contributed by atoms with Crippen molar-refractivity contribution in [3.05, 3.63) is 29.3 Å². The van der Waals surface area contributed by atoms with Crippen LogP contribution in [0.15, 0.2) is 18.2 Å². The van der Waals surface area contributed by atoms with Gasteiger partial charge in [-0.3, -0.25) is 0 Å². The molecule has 1 aromatic rings. The van der Waals surface area contributed by atoms with Gasteiger partial charge in [0.25, 0.3) is 0 Å². The van der Waals surface area contributed by atoms with Gasteiger partial charge in [0.05, 0.1) is 6.61 Å². The highest BCUT2D eigenvalue weighted by Gasteiger charge is 2.16. The molecule has 1 unspecified atom stereocenters. The normalized spacial score (nSPS) is 20.7. The van der Waals surface area contributed by atoms with E-state index in [1.165, 1.54) is 12.8 Å². The quantitative estimate of drug-likeness (QED) is 0.697. The van der Waals surface area contributed by atoms with Crippen LogP contribution in [0.4, 0.5) is 0 Å². The van der Waals surface area contributed by atoms with Crippen molar-refractivity contribution in [3.8, 4) is 5.75 Å². The molecule has 2 rings (SSSR count). The first-order chi connectivity index (χ1) is 7.31. The first kappa shape index (κ1) is 10.5. The van der Waals surface area contributed by atoms with E-state index in [4.69, 9.17) is 5.11 Å². The summed E-state index contributed by atoms with van der Waals surface area (Å²) < 4.78 is 0. The lowest BCUT2D eigenvalue weighted by Gasteiger charge is -2.12. The molecule has 1 aliphatic rings. The monoisotopic (exact) mass is 207 g/mol. The van der Waals surface area contributed by atoms with Crippen LogP contribution < -0.4 is 5.32 Å². The molecule has 1 aliphatic heterocycles. The van der Waals surface area contributed by atoms with Crippen molar-refractivity contribution in [2.24, 2.45) is 0 Å². The van der Waals surface area contributed by atoms with E-state index in [9.17, 15) is 5.11 Å². The Bertz CT molecular complexity index is 332. The molecule has 0 saturated carbocycles. The second-order valence-corrected chi connectivity index (χ2v) is 4.08. The average Bonchev–Trinajstić information content (AvgIpc) is 2.74. The Balaban J connectivity index is 2.13. The fraction of sp³-hybridized carbons (Fsp3) is 0.500. The smallest absolute Gasteiger partial charge is 0.124 e. The Morgan fingerprint density at radius 1 is 1.33 bits per heavy atom. The lowest BCUT2D eigenvalue weighted by molar-refractivity contribution is 0.275. The van der Waals surface area contributed by atoms with Gasteiger partial charge >= 0.3 is 0 Å². The minimum absolute atomic E-state index is 0.0994. The summed E-state index contributed by atoms with van der Waals surface area (Å²) in [7, 11) is 0. The summed E-state index contributed by atoms with van der Waals surface area (Å²) in [6, 6.07) is 6.04. The number of rotatable bonds is 3. The molecule has 0 spiro atoms. The average molecular weight is 207 g/mol. The van der Waals surface area contributed by atoms with Gasteiger partial charge < -0.3 is 15.5 Å². The molecule has 1 aromatic carbocycles. The molecule has 3 nitrogen and oxygen atoms in total. The van der Waals surface area contributed by atoms with Crippen molar-refractivity contribution in [2.45, 2.75) is 31.9 Å². The van der Waals surface area contributed by atoms with E-state index in [1.54, 1.807) is 6.07 Å². The van der Waals surface area contributed by atoms with E-state index < -0.39 is 0 Å². The number of hydrogen-bond acceptors (Lipinski definition) is 3. The predicted molar refractivity (Wildman–Crippen MR) is 58.8 cm³/mol. The Kier molecular flexibility index (Phi) is 3.23. The maximum atomic E-state index is 9.86. The van der Waals surface area contributed by atoms with Gasteiger partial charge in [0.1, 0.15) is 5.75 Å². The SMILES string of the molecule is OCc1cccc(CC2CCCN2)c1O. The third-order valence-corrected chi connectivity index (χ3v) is 3.00. The number of aliphatic hydroxyl groups is 1. The van der Waals surface area contributed by atoms with Gasteiger partial charge in [-0.15, -0.1) is 0 Å². The summed E-state index contributed by atoms with van der Waals surface area (Å²) in [5, 5.41) is 22.3. The van der Waals surface area contributed by atoms with E-state index in [1.807, 2.05) is 12.1 Å². The lowest BCUT2D eigenvalue weighted by Crippen LogP contribution is -2.23. The van der Waals surface area contributed by atoms with Crippen LogP contribution >= 0.6 is 0 Å². The number of para-hydroxylation sites is 1. The number of phenols is 1. The van der Waals surface area contributed by atoms with E-state index >= 15 is 0 Å². The molecule has 3 heteroatoms. The molecule has 0 radical (unpaired) electrons. The number of benzene rings is 1. The predicted octanol–water partition coefficient (Wildman–Crippen LogP) is 1.18. The lowest BCUT2D eigenvalue weighted by atomic mass is 10.0. The highest BCUT2D eigenvalue weighted by atomic mass is 16.3. The third kappa shape index (κ3) is 2.30. The van der Waals surface area contributed by atoms with Gasteiger partial charge in [0.15, 0.2) is 0 Å². The molecule has 1 saturated heterocycles. The van der Waals surface area contributed by atoms with Crippen LogP contribution in [0.1, 0.15) is 24.0 Å². The van der Waals surface area contributed by atoms with Crippen molar-refractivity contribution in [2.75, 3.05) is 6.54 Å². The Morgan fingerprint density at radius 3 is 2.80 bits per heavy atom. The Hall–Kier alpha value is -1.06. The van der Waals surface area contributed by atoms with E-state index in [2.05, 4.69) is 5.32 Å². The number of aromatic hydroxyl groups is 1. The molecule has 0 bridgehead atoms. The molecule has 82 valence electrons. The van der Waals surface area contributed by atoms with Gasteiger partial charge in [0.2, 0.25) is 0 Å². The van der Waals surface area contributed by atoms with Crippen LogP contribution in [0.2, 0.25) is 0 Å². The van der Waals surface area contributed by atoms with Crippen LogP contribution in [-0.2, 0) is 13.0 Å². The second kappa shape index (κ2) is 4.64. The van der Waals surface area contributed by atoms with Gasteiger partial charge in [-0.25, -0.2) is 0 Å². The van der Waals surface area contributed by atoms with Crippen molar-refractivity contribution >= 4 is 0 Å². The van der Waals surface area contributed by atoms with Crippen molar-refractivity contribution < 1.29 is 10.2 Å². The zero-order chi connectivity index (χ0) is 10.7.